The Labute approximate surface area is 93.6 Å². The third-order valence-corrected chi connectivity index (χ3v) is 1.97. The van der Waals surface area contributed by atoms with E-state index in [0.717, 1.165) is 11.3 Å². The fraction of sp³-hybridized carbons (Fsp3) is 0.250. The fourth-order valence-corrected chi connectivity index (χ4v) is 1.39. The van der Waals surface area contributed by atoms with Crippen molar-refractivity contribution < 1.29 is 9.90 Å². The van der Waals surface area contributed by atoms with Gasteiger partial charge in [0.05, 0.1) is 11.3 Å². The summed E-state index contributed by atoms with van der Waals surface area (Å²) in [5, 5.41) is 11.9. The molecule has 0 spiro atoms. The number of rotatable bonds is 1. The predicted octanol–water partition coefficient (Wildman–Crippen LogP) is 1.23. The van der Waals surface area contributed by atoms with E-state index < -0.39 is 5.97 Å². The fourth-order valence-electron chi connectivity index (χ4n) is 1.39. The second-order valence-corrected chi connectivity index (χ2v) is 2.69. The molecule has 0 unspecified atom stereocenters. The van der Waals surface area contributed by atoms with Crippen molar-refractivity contribution in [1.29, 1.82) is 0 Å². The zero-order valence-corrected chi connectivity index (χ0v) is 8.82. The molecule has 0 aliphatic carbocycles. The molecule has 0 atom stereocenters. The van der Waals surface area contributed by atoms with Crippen molar-refractivity contribution in [3.63, 3.8) is 0 Å². The smallest absolute Gasteiger partial charge is 0.336 e. The van der Waals surface area contributed by atoms with E-state index in [-0.39, 0.29) is 24.8 Å². The van der Waals surface area contributed by atoms with E-state index in [2.05, 4.69) is 10.3 Å². The SMILES string of the molecule is Cl.Cl.O=C(O)c1ccnc2c1CNC2. The van der Waals surface area contributed by atoms with E-state index in [1.165, 1.54) is 12.3 Å². The number of fused-ring (bicyclic) bond motifs is 1. The van der Waals surface area contributed by atoms with Crippen LogP contribution in [0.2, 0.25) is 0 Å². The Morgan fingerprint density at radius 3 is 2.79 bits per heavy atom. The lowest BCUT2D eigenvalue weighted by Crippen LogP contribution is -2.04. The van der Waals surface area contributed by atoms with E-state index >= 15 is 0 Å². The van der Waals surface area contributed by atoms with Crippen LogP contribution in [-0.4, -0.2) is 16.1 Å². The summed E-state index contributed by atoms with van der Waals surface area (Å²) in [4.78, 5) is 14.8. The minimum Gasteiger partial charge on any atom is -0.478 e. The van der Waals surface area contributed by atoms with Crippen LogP contribution in [0.3, 0.4) is 0 Å². The van der Waals surface area contributed by atoms with Crippen LogP contribution in [-0.2, 0) is 13.1 Å². The molecule has 0 bridgehead atoms. The number of carboxylic acid groups (broad SMARTS) is 1. The highest BCUT2D eigenvalue weighted by molar-refractivity contribution is 5.89. The highest BCUT2D eigenvalue weighted by atomic mass is 35.5. The van der Waals surface area contributed by atoms with Gasteiger partial charge in [-0.15, -0.1) is 24.8 Å². The molecule has 0 fully saturated rings. The number of nitrogens with one attached hydrogen (secondary N) is 1. The van der Waals surface area contributed by atoms with Crippen LogP contribution in [0.5, 0.6) is 0 Å². The van der Waals surface area contributed by atoms with Crippen LogP contribution in [0.1, 0.15) is 21.6 Å². The number of halogens is 2. The van der Waals surface area contributed by atoms with Gasteiger partial charge in [-0.2, -0.15) is 0 Å². The Balaban J connectivity index is 0.000000845. The van der Waals surface area contributed by atoms with Crippen LogP contribution in [0.4, 0.5) is 0 Å². The zero-order chi connectivity index (χ0) is 8.55. The molecule has 2 heterocycles. The van der Waals surface area contributed by atoms with E-state index in [1.807, 2.05) is 0 Å². The predicted molar refractivity (Wildman–Crippen MR) is 56.2 cm³/mol. The Morgan fingerprint density at radius 2 is 2.14 bits per heavy atom. The van der Waals surface area contributed by atoms with Gasteiger partial charge in [0, 0.05) is 24.8 Å². The van der Waals surface area contributed by atoms with Crippen LogP contribution in [0, 0.1) is 0 Å². The number of nitrogens with zero attached hydrogens (tertiary/aromatic N) is 1. The summed E-state index contributed by atoms with van der Waals surface area (Å²) >= 11 is 0. The Hall–Kier alpha value is -0.840. The Kier molecular flexibility index (Phi) is 4.83. The van der Waals surface area contributed by atoms with Crippen molar-refractivity contribution in [1.82, 2.24) is 10.3 Å². The summed E-state index contributed by atoms with van der Waals surface area (Å²) < 4.78 is 0. The van der Waals surface area contributed by atoms with Crippen molar-refractivity contribution in [3.05, 3.63) is 29.1 Å². The lowest BCUT2D eigenvalue weighted by atomic mass is 10.1. The number of carbonyl (C=O) groups is 1. The molecule has 0 amide bonds. The summed E-state index contributed by atoms with van der Waals surface area (Å²) in [6, 6.07) is 1.54. The van der Waals surface area contributed by atoms with Gasteiger partial charge in [-0.1, -0.05) is 0 Å². The molecular weight excluding hydrogens is 227 g/mol. The third kappa shape index (κ3) is 2.15. The van der Waals surface area contributed by atoms with Gasteiger partial charge in [-0.3, -0.25) is 4.98 Å². The van der Waals surface area contributed by atoms with Crippen LogP contribution in [0.15, 0.2) is 12.3 Å². The molecule has 0 saturated carbocycles. The molecule has 1 aliphatic rings. The molecule has 0 radical (unpaired) electrons. The number of pyridine rings is 1. The molecular formula is C8H10Cl2N2O2. The van der Waals surface area contributed by atoms with Gasteiger partial charge in [-0.25, -0.2) is 4.79 Å². The quantitative estimate of drug-likeness (QED) is 0.771. The molecule has 0 aromatic carbocycles. The Morgan fingerprint density at radius 1 is 1.43 bits per heavy atom. The maximum absolute atomic E-state index is 10.7. The summed E-state index contributed by atoms with van der Waals surface area (Å²) in [6.45, 7) is 1.29. The van der Waals surface area contributed by atoms with Crippen LogP contribution in [0.25, 0.3) is 0 Å². The van der Waals surface area contributed by atoms with E-state index in [4.69, 9.17) is 5.11 Å². The summed E-state index contributed by atoms with van der Waals surface area (Å²) in [6.07, 6.45) is 1.54. The highest BCUT2D eigenvalue weighted by Crippen LogP contribution is 2.16. The minimum absolute atomic E-state index is 0. The van der Waals surface area contributed by atoms with Crippen molar-refractivity contribution in [2.24, 2.45) is 0 Å². The van der Waals surface area contributed by atoms with Gasteiger partial charge in [-0.05, 0) is 6.07 Å². The number of aromatic carboxylic acids is 1. The Bertz CT molecular complexity index is 344. The lowest BCUT2D eigenvalue weighted by Gasteiger charge is -2.00. The average molecular weight is 237 g/mol. The van der Waals surface area contributed by atoms with Gasteiger partial charge < -0.3 is 10.4 Å². The number of aromatic nitrogens is 1. The maximum atomic E-state index is 10.7. The number of carboxylic acids is 1. The minimum atomic E-state index is -0.877. The van der Waals surface area contributed by atoms with Crippen molar-refractivity contribution >= 4 is 30.8 Å². The monoisotopic (exact) mass is 236 g/mol. The summed E-state index contributed by atoms with van der Waals surface area (Å²) in [5.74, 6) is -0.877. The maximum Gasteiger partial charge on any atom is 0.336 e. The molecule has 2 N–H and O–H groups in total. The largest absolute Gasteiger partial charge is 0.478 e. The van der Waals surface area contributed by atoms with Crippen LogP contribution < -0.4 is 5.32 Å². The molecule has 1 aromatic heterocycles. The molecule has 4 nitrogen and oxygen atoms in total. The highest BCUT2D eigenvalue weighted by Gasteiger charge is 2.18. The second kappa shape index (κ2) is 5.14. The third-order valence-electron chi connectivity index (χ3n) is 1.97. The molecule has 78 valence electrons. The summed E-state index contributed by atoms with van der Waals surface area (Å²) in [7, 11) is 0. The van der Waals surface area contributed by atoms with E-state index in [0.29, 0.717) is 18.7 Å². The van der Waals surface area contributed by atoms with E-state index in [1.54, 1.807) is 0 Å². The normalized spacial score (nSPS) is 12.3. The molecule has 14 heavy (non-hydrogen) atoms. The van der Waals surface area contributed by atoms with Gasteiger partial charge >= 0.3 is 5.97 Å². The molecule has 1 aliphatic heterocycles. The topological polar surface area (TPSA) is 62.2 Å². The summed E-state index contributed by atoms with van der Waals surface area (Å²) in [5.41, 5.74) is 2.05. The molecule has 2 rings (SSSR count). The first-order chi connectivity index (χ1) is 5.79. The second-order valence-electron chi connectivity index (χ2n) is 2.69. The van der Waals surface area contributed by atoms with E-state index in [9.17, 15) is 4.79 Å². The molecule has 1 aromatic rings. The standard InChI is InChI=1S/C8H8N2O2.2ClH/c11-8(12)5-1-2-10-7-4-9-3-6(5)7;;/h1-2,9H,3-4H2,(H,11,12);2*1H. The number of hydrogen-bond donors (Lipinski definition) is 2. The lowest BCUT2D eigenvalue weighted by molar-refractivity contribution is 0.0695. The van der Waals surface area contributed by atoms with Crippen molar-refractivity contribution in [3.8, 4) is 0 Å². The van der Waals surface area contributed by atoms with Gasteiger partial charge in [0.2, 0.25) is 0 Å². The van der Waals surface area contributed by atoms with Crippen LogP contribution >= 0.6 is 24.8 Å². The zero-order valence-electron chi connectivity index (χ0n) is 7.19. The first-order valence-electron chi connectivity index (χ1n) is 3.70. The number of hydrogen-bond acceptors (Lipinski definition) is 3. The first kappa shape index (κ1) is 13.2. The first-order valence-corrected chi connectivity index (χ1v) is 3.70. The van der Waals surface area contributed by atoms with Gasteiger partial charge in [0.1, 0.15) is 0 Å². The molecule has 0 saturated heterocycles. The van der Waals surface area contributed by atoms with Gasteiger partial charge in [0.15, 0.2) is 0 Å². The molecule has 6 heteroatoms. The average Bonchev–Trinajstić information content (AvgIpc) is 2.49. The van der Waals surface area contributed by atoms with Gasteiger partial charge in [0.25, 0.3) is 0 Å². The van der Waals surface area contributed by atoms with Crippen molar-refractivity contribution in [2.45, 2.75) is 13.1 Å². The van der Waals surface area contributed by atoms with Crippen molar-refractivity contribution in [2.75, 3.05) is 0 Å².